The summed E-state index contributed by atoms with van der Waals surface area (Å²) in [4.78, 5) is 4.20. The molecular formula is C13H17N3O. The third-order valence-corrected chi connectivity index (χ3v) is 3.18. The van der Waals surface area contributed by atoms with Crippen LogP contribution in [0.3, 0.4) is 0 Å². The lowest BCUT2D eigenvalue weighted by Gasteiger charge is -2.17. The summed E-state index contributed by atoms with van der Waals surface area (Å²) in [6.45, 7) is 3.87. The van der Waals surface area contributed by atoms with Crippen molar-refractivity contribution in [3.8, 4) is 6.07 Å². The molecule has 4 nitrogen and oxygen atoms in total. The van der Waals surface area contributed by atoms with Gasteiger partial charge in [-0.2, -0.15) is 5.26 Å². The van der Waals surface area contributed by atoms with Crippen molar-refractivity contribution < 1.29 is 4.74 Å². The van der Waals surface area contributed by atoms with Crippen molar-refractivity contribution in [1.82, 2.24) is 4.98 Å². The Morgan fingerprint density at radius 3 is 3.29 bits per heavy atom. The van der Waals surface area contributed by atoms with Crippen LogP contribution in [-0.2, 0) is 4.74 Å². The van der Waals surface area contributed by atoms with Crippen LogP contribution in [0.1, 0.15) is 25.3 Å². The Kier molecular flexibility index (Phi) is 3.94. The first-order valence-corrected chi connectivity index (χ1v) is 6.05. The number of ether oxygens (including phenoxy) is 1. The number of pyridine rings is 1. The predicted octanol–water partition coefficient (Wildman–Crippen LogP) is 2.18. The van der Waals surface area contributed by atoms with Crippen LogP contribution in [0.5, 0.6) is 0 Å². The van der Waals surface area contributed by atoms with E-state index in [1.165, 1.54) is 0 Å². The molecule has 0 aliphatic carbocycles. The fourth-order valence-electron chi connectivity index (χ4n) is 2.21. The second kappa shape index (κ2) is 5.65. The van der Waals surface area contributed by atoms with Crippen molar-refractivity contribution in [1.29, 1.82) is 5.26 Å². The molecule has 1 aromatic heterocycles. The topological polar surface area (TPSA) is 57.9 Å². The highest BCUT2D eigenvalue weighted by atomic mass is 16.5. The van der Waals surface area contributed by atoms with Crippen molar-refractivity contribution in [2.45, 2.75) is 25.9 Å². The van der Waals surface area contributed by atoms with Crippen molar-refractivity contribution in [2.24, 2.45) is 5.92 Å². The molecule has 2 rings (SSSR count). The van der Waals surface area contributed by atoms with E-state index in [1.807, 2.05) is 0 Å². The molecule has 0 bridgehead atoms. The van der Waals surface area contributed by atoms with Crippen LogP contribution in [-0.4, -0.2) is 24.2 Å². The van der Waals surface area contributed by atoms with Crippen molar-refractivity contribution >= 4 is 5.82 Å². The summed E-state index contributed by atoms with van der Waals surface area (Å²) in [5, 5.41) is 12.1. The van der Waals surface area contributed by atoms with Crippen LogP contribution in [0.2, 0.25) is 0 Å². The normalized spacial score (nSPS) is 23.3. The van der Waals surface area contributed by atoms with Gasteiger partial charge in [-0.3, -0.25) is 0 Å². The Bertz CT molecular complexity index is 413. The molecule has 1 aromatic rings. The summed E-state index contributed by atoms with van der Waals surface area (Å²) in [6.07, 6.45) is 4.17. The lowest BCUT2D eigenvalue weighted by Crippen LogP contribution is -2.23. The Balaban J connectivity index is 1.91. The molecule has 1 fully saturated rings. The summed E-state index contributed by atoms with van der Waals surface area (Å²) in [5.74, 6) is 1.32. The molecule has 0 spiro atoms. The van der Waals surface area contributed by atoms with Gasteiger partial charge in [0.15, 0.2) is 0 Å². The van der Waals surface area contributed by atoms with E-state index in [2.05, 4.69) is 23.3 Å². The van der Waals surface area contributed by atoms with Gasteiger partial charge in [0.25, 0.3) is 0 Å². The highest BCUT2D eigenvalue weighted by molar-refractivity contribution is 5.42. The van der Waals surface area contributed by atoms with Crippen LogP contribution in [0.15, 0.2) is 18.3 Å². The van der Waals surface area contributed by atoms with E-state index in [9.17, 15) is 0 Å². The molecule has 0 aromatic carbocycles. The van der Waals surface area contributed by atoms with Crippen molar-refractivity contribution in [3.63, 3.8) is 0 Å². The molecule has 1 aliphatic heterocycles. The molecule has 0 amide bonds. The van der Waals surface area contributed by atoms with E-state index < -0.39 is 0 Å². The lowest BCUT2D eigenvalue weighted by molar-refractivity contribution is 0.0900. The maximum Gasteiger partial charge on any atom is 0.127 e. The second-order valence-electron chi connectivity index (χ2n) is 4.29. The van der Waals surface area contributed by atoms with E-state index in [4.69, 9.17) is 10.00 Å². The van der Waals surface area contributed by atoms with Crippen molar-refractivity contribution in [2.75, 3.05) is 18.5 Å². The fraction of sp³-hybridized carbons (Fsp3) is 0.538. The molecular weight excluding hydrogens is 214 g/mol. The molecule has 2 heterocycles. The Morgan fingerprint density at radius 2 is 2.53 bits per heavy atom. The summed E-state index contributed by atoms with van der Waals surface area (Å²) in [7, 11) is 0. The quantitative estimate of drug-likeness (QED) is 0.862. The molecule has 1 saturated heterocycles. The zero-order valence-corrected chi connectivity index (χ0v) is 10.0. The second-order valence-corrected chi connectivity index (χ2v) is 4.29. The molecule has 4 heteroatoms. The third kappa shape index (κ3) is 2.95. The molecule has 0 saturated carbocycles. The first-order valence-electron chi connectivity index (χ1n) is 6.05. The van der Waals surface area contributed by atoms with E-state index in [0.29, 0.717) is 17.6 Å². The van der Waals surface area contributed by atoms with Gasteiger partial charge in [-0.05, 0) is 25.0 Å². The number of nitrogens with zero attached hydrogens (tertiary/aromatic N) is 2. The van der Waals surface area contributed by atoms with Gasteiger partial charge in [0.1, 0.15) is 5.82 Å². The summed E-state index contributed by atoms with van der Waals surface area (Å²) in [5.41, 5.74) is 0.636. The van der Waals surface area contributed by atoms with Crippen LogP contribution < -0.4 is 5.32 Å². The van der Waals surface area contributed by atoms with Gasteiger partial charge in [-0.1, -0.05) is 6.92 Å². The summed E-state index contributed by atoms with van der Waals surface area (Å²) < 4.78 is 5.64. The van der Waals surface area contributed by atoms with Crippen LogP contribution >= 0.6 is 0 Å². The Morgan fingerprint density at radius 1 is 1.65 bits per heavy atom. The van der Waals surface area contributed by atoms with Gasteiger partial charge >= 0.3 is 0 Å². The van der Waals surface area contributed by atoms with Gasteiger partial charge in [0, 0.05) is 25.3 Å². The van der Waals surface area contributed by atoms with Crippen LogP contribution in [0.25, 0.3) is 0 Å². The van der Waals surface area contributed by atoms with E-state index >= 15 is 0 Å². The molecule has 1 N–H and O–H groups in total. The standard InChI is InChI=1S/C13H17N3O/c1-2-12-11(4-6-17-12)9-16-13-7-10(8-14)3-5-15-13/h3,5,7,11-12H,2,4,6,9H2,1H3,(H,15,16). The molecule has 0 radical (unpaired) electrons. The Hall–Kier alpha value is -1.60. The number of hydrogen-bond acceptors (Lipinski definition) is 4. The first kappa shape index (κ1) is 11.9. The molecule has 2 unspecified atom stereocenters. The minimum absolute atomic E-state index is 0.363. The monoisotopic (exact) mass is 231 g/mol. The molecule has 1 aliphatic rings. The van der Waals surface area contributed by atoms with E-state index in [1.54, 1.807) is 18.3 Å². The SMILES string of the molecule is CCC1OCCC1CNc1cc(C#N)ccn1. The maximum absolute atomic E-state index is 8.80. The van der Waals surface area contributed by atoms with Gasteiger partial charge in [-0.15, -0.1) is 0 Å². The van der Waals surface area contributed by atoms with Gasteiger partial charge in [0.2, 0.25) is 0 Å². The molecule has 2 atom stereocenters. The van der Waals surface area contributed by atoms with Crippen molar-refractivity contribution in [3.05, 3.63) is 23.9 Å². The molecule has 17 heavy (non-hydrogen) atoms. The maximum atomic E-state index is 8.80. The lowest BCUT2D eigenvalue weighted by atomic mass is 10.00. The summed E-state index contributed by atoms with van der Waals surface area (Å²) >= 11 is 0. The summed E-state index contributed by atoms with van der Waals surface area (Å²) in [6, 6.07) is 5.59. The number of anilines is 1. The first-order chi connectivity index (χ1) is 8.33. The number of nitrogens with one attached hydrogen (secondary N) is 1. The number of rotatable bonds is 4. The number of aromatic nitrogens is 1. The van der Waals surface area contributed by atoms with E-state index in [0.717, 1.165) is 31.8 Å². The van der Waals surface area contributed by atoms with Crippen LogP contribution in [0, 0.1) is 17.2 Å². The Labute approximate surface area is 102 Å². The smallest absolute Gasteiger partial charge is 0.127 e. The zero-order valence-electron chi connectivity index (χ0n) is 10.0. The third-order valence-electron chi connectivity index (χ3n) is 3.18. The average Bonchev–Trinajstić information content (AvgIpc) is 2.84. The van der Waals surface area contributed by atoms with Gasteiger partial charge in [0.05, 0.1) is 17.7 Å². The van der Waals surface area contributed by atoms with Gasteiger partial charge in [-0.25, -0.2) is 4.98 Å². The number of nitriles is 1. The molecule has 90 valence electrons. The van der Waals surface area contributed by atoms with E-state index in [-0.39, 0.29) is 0 Å². The van der Waals surface area contributed by atoms with Crippen LogP contribution in [0.4, 0.5) is 5.82 Å². The van der Waals surface area contributed by atoms with Gasteiger partial charge < -0.3 is 10.1 Å². The highest BCUT2D eigenvalue weighted by Crippen LogP contribution is 2.23. The fourth-order valence-corrected chi connectivity index (χ4v) is 2.21. The average molecular weight is 231 g/mol. The predicted molar refractivity (Wildman–Crippen MR) is 65.6 cm³/mol. The minimum Gasteiger partial charge on any atom is -0.378 e. The highest BCUT2D eigenvalue weighted by Gasteiger charge is 2.26. The minimum atomic E-state index is 0.363. The number of hydrogen-bond donors (Lipinski definition) is 1. The largest absolute Gasteiger partial charge is 0.378 e. The zero-order chi connectivity index (χ0) is 12.1.